The summed E-state index contributed by atoms with van der Waals surface area (Å²) in [5.74, 6) is 1.26. The van der Waals surface area contributed by atoms with Crippen molar-refractivity contribution in [2.45, 2.75) is 66.9 Å². The Morgan fingerprint density at radius 1 is 1.17 bits per heavy atom. The molecule has 0 saturated heterocycles. The average Bonchev–Trinajstić information content (AvgIpc) is 2.48. The maximum atomic E-state index is 11.4. The molecule has 1 aliphatic heterocycles. The van der Waals surface area contributed by atoms with E-state index in [1.165, 1.54) is 12.5 Å². The largest absolute Gasteiger partial charge is 0.483 e. The van der Waals surface area contributed by atoms with Crippen molar-refractivity contribution in [3.05, 3.63) is 40.0 Å². The Morgan fingerprint density at radius 3 is 2.42 bits per heavy atom. The van der Waals surface area contributed by atoms with Crippen LogP contribution < -0.4 is 9.47 Å². The lowest BCUT2D eigenvalue weighted by atomic mass is 9.90. The smallest absolute Gasteiger partial charge is 0.308 e. The third-order valence-corrected chi connectivity index (χ3v) is 4.61. The first-order valence-electron chi connectivity index (χ1n) is 8.48. The number of esters is 1. The number of rotatable bonds is 4. The molecular formula is C21H28O3. The van der Waals surface area contributed by atoms with Crippen LogP contribution in [0.15, 0.2) is 17.7 Å². The summed E-state index contributed by atoms with van der Waals surface area (Å²) in [6.07, 6.45) is 8.38. The molecule has 1 atom stereocenters. The van der Waals surface area contributed by atoms with Gasteiger partial charge in [0.05, 0.1) is 0 Å². The monoisotopic (exact) mass is 328 g/mol. The van der Waals surface area contributed by atoms with Gasteiger partial charge in [0.25, 0.3) is 0 Å². The Hall–Kier alpha value is -2.03. The summed E-state index contributed by atoms with van der Waals surface area (Å²) in [6, 6.07) is 0. The van der Waals surface area contributed by atoms with Gasteiger partial charge in [-0.05, 0) is 71.6 Å². The van der Waals surface area contributed by atoms with Crippen molar-refractivity contribution < 1.29 is 14.3 Å². The zero-order valence-electron chi connectivity index (χ0n) is 15.9. The van der Waals surface area contributed by atoms with E-state index in [0.29, 0.717) is 5.75 Å². The van der Waals surface area contributed by atoms with Crippen molar-refractivity contribution in [3.63, 3.8) is 0 Å². The van der Waals surface area contributed by atoms with Gasteiger partial charge in [0.15, 0.2) is 0 Å². The van der Waals surface area contributed by atoms with Gasteiger partial charge in [0.1, 0.15) is 17.1 Å². The normalized spacial score (nSPS) is 18.6. The van der Waals surface area contributed by atoms with E-state index in [-0.39, 0.29) is 11.6 Å². The quantitative estimate of drug-likeness (QED) is 0.419. The van der Waals surface area contributed by atoms with E-state index in [2.05, 4.69) is 39.0 Å². The highest BCUT2D eigenvalue weighted by molar-refractivity contribution is 5.76. The van der Waals surface area contributed by atoms with Crippen LogP contribution in [0, 0.1) is 20.8 Å². The van der Waals surface area contributed by atoms with Gasteiger partial charge in [-0.3, -0.25) is 4.79 Å². The predicted molar refractivity (Wildman–Crippen MR) is 98.7 cm³/mol. The molecule has 0 radical (unpaired) electrons. The fraction of sp³-hybridized carbons (Fsp3) is 0.476. The lowest BCUT2D eigenvalue weighted by Gasteiger charge is -2.34. The zero-order chi connectivity index (χ0) is 18.1. The van der Waals surface area contributed by atoms with Crippen molar-refractivity contribution in [3.8, 4) is 11.5 Å². The Morgan fingerprint density at radius 2 is 1.83 bits per heavy atom. The maximum absolute atomic E-state index is 11.4. The average molecular weight is 328 g/mol. The molecule has 1 unspecified atom stereocenters. The Balaban J connectivity index is 2.40. The molecule has 24 heavy (non-hydrogen) atoms. The van der Waals surface area contributed by atoms with Crippen molar-refractivity contribution in [2.75, 3.05) is 0 Å². The van der Waals surface area contributed by atoms with Crippen LogP contribution in [-0.2, 0) is 4.79 Å². The molecule has 0 bridgehead atoms. The molecule has 0 fully saturated rings. The Kier molecular flexibility index (Phi) is 5.22. The summed E-state index contributed by atoms with van der Waals surface area (Å²) in [5, 5.41) is 0. The standard InChI is InChI=1S/C21H28O3/c1-13(2)9-8-11-21(7)12-10-18-16(5)19(23-17(6)22)14(3)15(4)20(18)24-21/h9-10,12H,8,11H2,1-7H3. The minimum atomic E-state index is -0.314. The molecule has 130 valence electrons. The zero-order valence-corrected chi connectivity index (χ0v) is 15.9. The number of hydrogen-bond acceptors (Lipinski definition) is 3. The van der Waals surface area contributed by atoms with Crippen LogP contribution in [0.1, 0.15) is 62.8 Å². The molecule has 0 spiro atoms. The van der Waals surface area contributed by atoms with Gasteiger partial charge in [-0.2, -0.15) is 0 Å². The van der Waals surface area contributed by atoms with E-state index in [9.17, 15) is 4.79 Å². The molecular weight excluding hydrogens is 300 g/mol. The fourth-order valence-electron chi connectivity index (χ4n) is 3.05. The van der Waals surface area contributed by atoms with Gasteiger partial charge in [0.2, 0.25) is 0 Å². The maximum Gasteiger partial charge on any atom is 0.308 e. The molecule has 0 N–H and O–H groups in total. The SMILES string of the molecule is CC(=O)Oc1c(C)c(C)c2c(c1C)C=CC(C)(CCC=C(C)C)O2. The van der Waals surface area contributed by atoms with E-state index in [1.54, 1.807) is 0 Å². The van der Waals surface area contributed by atoms with E-state index >= 15 is 0 Å². The number of carbonyl (C=O) groups is 1. The first-order chi connectivity index (χ1) is 11.1. The van der Waals surface area contributed by atoms with E-state index in [0.717, 1.165) is 40.8 Å². The number of ether oxygens (including phenoxy) is 2. The lowest BCUT2D eigenvalue weighted by Crippen LogP contribution is -2.32. The second-order valence-electron chi connectivity index (χ2n) is 7.11. The van der Waals surface area contributed by atoms with Crippen molar-refractivity contribution in [1.82, 2.24) is 0 Å². The Bertz CT molecular complexity index is 721. The summed E-state index contributed by atoms with van der Waals surface area (Å²) in [7, 11) is 0. The van der Waals surface area contributed by atoms with Crippen molar-refractivity contribution in [1.29, 1.82) is 0 Å². The first kappa shape index (κ1) is 18.3. The van der Waals surface area contributed by atoms with E-state index in [4.69, 9.17) is 9.47 Å². The molecule has 3 heteroatoms. The van der Waals surface area contributed by atoms with Gasteiger partial charge >= 0.3 is 5.97 Å². The topological polar surface area (TPSA) is 35.5 Å². The third-order valence-electron chi connectivity index (χ3n) is 4.61. The molecule has 0 aromatic heterocycles. The number of fused-ring (bicyclic) bond motifs is 1. The van der Waals surface area contributed by atoms with Crippen molar-refractivity contribution >= 4 is 12.0 Å². The molecule has 0 saturated carbocycles. The van der Waals surface area contributed by atoms with Crippen LogP contribution in [0.3, 0.4) is 0 Å². The highest BCUT2D eigenvalue weighted by Crippen LogP contribution is 2.43. The van der Waals surface area contributed by atoms with Gasteiger partial charge in [-0.15, -0.1) is 0 Å². The molecule has 1 aliphatic rings. The highest BCUT2D eigenvalue weighted by Gasteiger charge is 2.30. The molecule has 0 amide bonds. The minimum Gasteiger partial charge on any atom is -0.483 e. The Labute approximate surface area is 145 Å². The van der Waals surface area contributed by atoms with Gasteiger partial charge in [0, 0.05) is 18.1 Å². The van der Waals surface area contributed by atoms with E-state index in [1.807, 2.05) is 20.8 Å². The first-order valence-corrected chi connectivity index (χ1v) is 8.48. The molecule has 1 aromatic rings. The fourth-order valence-corrected chi connectivity index (χ4v) is 3.05. The molecule has 2 rings (SSSR count). The number of carbonyl (C=O) groups excluding carboxylic acids is 1. The number of hydrogen-bond donors (Lipinski definition) is 0. The van der Waals surface area contributed by atoms with Gasteiger partial charge in [-0.1, -0.05) is 17.7 Å². The van der Waals surface area contributed by atoms with Gasteiger partial charge < -0.3 is 9.47 Å². The second kappa shape index (κ2) is 6.84. The molecule has 1 heterocycles. The van der Waals surface area contributed by atoms with E-state index < -0.39 is 0 Å². The van der Waals surface area contributed by atoms with Gasteiger partial charge in [-0.25, -0.2) is 0 Å². The predicted octanol–water partition coefficient (Wildman–Crippen LogP) is 5.45. The highest BCUT2D eigenvalue weighted by atomic mass is 16.5. The van der Waals surface area contributed by atoms with Crippen LogP contribution in [-0.4, -0.2) is 11.6 Å². The number of benzene rings is 1. The van der Waals surface area contributed by atoms with Crippen LogP contribution in [0.4, 0.5) is 0 Å². The summed E-state index contributed by atoms with van der Waals surface area (Å²) in [5.41, 5.74) is 4.96. The van der Waals surface area contributed by atoms with Crippen molar-refractivity contribution in [2.24, 2.45) is 0 Å². The van der Waals surface area contributed by atoms with Crippen LogP contribution in [0.2, 0.25) is 0 Å². The minimum absolute atomic E-state index is 0.298. The molecule has 0 aliphatic carbocycles. The lowest BCUT2D eigenvalue weighted by molar-refractivity contribution is -0.131. The summed E-state index contributed by atoms with van der Waals surface area (Å²) < 4.78 is 11.8. The summed E-state index contributed by atoms with van der Waals surface area (Å²) in [4.78, 5) is 11.4. The van der Waals surface area contributed by atoms with Crippen LogP contribution in [0.5, 0.6) is 11.5 Å². The molecule has 3 nitrogen and oxygen atoms in total. The molecule has 1 aromatic carbocycles. The summed E-state index contributed by atoms with van der Waals surface area (Å²) in [6.45, 7) is 13.8. The summed E-state index contributed by atoms with van der Waals surface area (Å²) >= 11 is 0. The third kappa shape index (κ3) is 3.72. The second-order valence-corrected chi connectivity index (χ2v) is 7.11. The van der Waals surface area contributed by atoms with Crippen LogP contribution in [0.25, 0.3) is 6.08 Å². The number of allylic oxidation sites excluding steroid dienone is 2. The van der Waals surface area contributed by atoms with Crippen LogP contribution >= 0.6 is 0 Å².